The molecule has 1 saturated carbocycles. The van der Waals surface area contributed by atoms with Gasteiger partial charge in [0.15, 0.2) is 5.65 Å². The number of piperazine rings is 1. The van der Waals surface area contributed by atoms with Crippen LogP contribution in [0, 0.1) is 11.8 Å². The highest BCUT2D eigenvalue weighted by atomic mass is 16.2. The minimum Gasteiger partial charge on any atom is -0.352 e. The highest BCUT2D eigenvalue weighted by molar-refractivity contribution is 5.87. The number of carbonyl (C=O) groups is 1. The first-order valence-electron chi connectivity index (χ1n) is 15.0. The van der Waals surface area contributed by atoms with Gasteiger partial charge in [-0.15, -0.1) is 0 Å². The summed E-state index contributed by atoms with van der Waals surface area (Å²) in [5, 5.41) is 5.59. The predicted octanol–water partition coefficient (Wildman–Crippen LogP) is 4.02. The Morgan fingerprint density at radius 1 is 0.974 bits per heavy atom. The normalized spacial score (nSPS) is 20.2. The first-order valence-corrected chi connectivity index (χ1v) is 15.0. The van der Waals surface area contributed by atoms with Crippen LogP contribution in [0.5, 0.6) is 0 Å². The van der Waals surface area contributed by atoms with E-state index in [1.807, 2.05) is 16.9 Å². The van der Waals surface area contributed by atoms with E-state index in [0.717, 1.165) is 99.1 Å². The predicted molar refractivity (Wildman–Crippen MR) is 155 cm³/mol. The van der Waals surface area contributed by atoms with Crippen LogP contribution in [0.1, 0.15) is 64.3 Å². The molecule has 3 aromatic heterocycles. The maximum absolute atomic E-state index is 13.3. The Kier molecular flexibility index (Phi) is 9.06. The zero-order chi connectivity index (χ0) is 27.2. The van der Waals surface area contributed by atoms with E-state index >= 15 is 0 Å². The van der Waals surface area contributed by atoms with Gasteiger partial charge >= 0.3 is 0 Å². The Balaban J connectivity index is 1.18. The van der Waals surface area contributed by atoms with Crippen molar-refractivity contribution in [2.24, 2.45) is 11.8 Å². The number of anilines is 1. The molecule has 5 rings (SSSR count). The number of fused-ring (bicyclic) bond motifs is 1. The zero-order valence-corrected chi connectivity index (χ0v) is 23.9. The summed E-state index contributed by atoms with van der Waals surface area (Å²) in [7, 11) is 0. The first-order chi connectivity index (χ1) is 19.1. The average molecular weight is 533 g/mol. The average Bonchev–Trinajstić information content (AvgIpc) is 3.39. The minimum atomic E-state index is 0.193. The Bertz CT molecular complexity index is 1220. The fourth-order valence-electron chi connectivity index (χ4n) is 6.25. The fraction of sp³-hybridized carbons (Fsp3) is 0.633. The van der Waals surface area contributed by atoms with Crippen LogP contribution < -0.4 is 4.90 Å². The van der Waals surface area contributed by atoms with Crippen LogP contribution in [0.2, 0.25) is 0 Å². The van der Waals surface area contributed by atoms with Gasteiger partial charge in [0.25, 0.3) is 0 Å². The van der Waals surface area contributed by atoms with Crippen molar-refractivity contribution in [1.29, 1.82) is 0 Å². The van der Waals surface area contributed by atoms with E-state index in [9.17, 15) is 4.79 Å². The lowest BCUT2D eigenvalue weighted by Crippen LogP contribution is -2.51. The van der Waals surface area contributed by atoms with Gasteiger partial charge in [-0.3, -0.25) is 9.78 Å². The van der Waals surface area contributed by atoms with Crippen molar-refractivity contribution in [2.75, 3.05) is 50.7 Å². The molecule has 1 saturated heterocycles. The number of aromatic nitrogens is 5. The third-order valence-corrected chi connectivity index (χ3v) is 8.59. The van der Waals surface area contributed by atoms with Crippen molar-refractivity contribution in [3.63, 3.8) is 0 Å². The summed E-state index contributed by atoms with van der Waals surface area (Å²) in [4.78, 5) is 34.2. The summed E-state index contributed by atoms with van der Waals surface area (Å²) < 4.78 is 1.91. The van der Waals surface area contributed by atoms with Crippen molar-refractivity contribution >= 4 is 22.8 Å². The number of amides is 1. The van der Waals surface area contributed by atoms with E-state index in [-0.39, 0.29) is 5.92 Å². The Labute approximate surface area is 232 Å². The van der Waals surface area contributed by atoms with Gasteiger partial charge in [-0.2, -0.15) is 5.10 Å². The zero-order valence-electron chi connectivity index (χ0n) is 23.9. The molecule has 4 heterocycles. The summed E-state index contributed by atoms with van der Waals surface area (Å²) in [6.07, 6.45) is 9.98. The molecule has 210 valence electrons. The van der Waals surface area contributed by atoms with Gasteiger partial charge < -0.3 is 14.7 Å². The summed E-state index contributed by atoms with van der Waals surface area (Å²) >= 11 is 0. The van der Waals surface area contributed by atoms with Crippen LogP contribution in [-0.4, -0.2) is 86.3 Å². The molecular formula is C30H44N8O. The van der Waals surface area contributed by atoms with Crippen molar-refractivity contribution < 1.29 is 4.79 Å². The molecule has 9 nitrogen and oxygen atoms in total. The maximum atomic E-state index is 13.3. The third-order valence-electron chi connectivity index (χ3n) is 8.59. The van der Waals surface area contributed by atoms with Gasteiger partial charge in [-0.1, -0.05) is 33.3 Å². The smallest absolute Gasteiger partial charge is 0.225 e. The molecule has 0 unspecified atom stereocenters. The van der Waals surface area contributed by atoms with Crippen LogP contribution in [0.15, 0.2) is 30.7 Å². The topological polar surface area (TPSA) is 83.3 Å². The highest BCUT2D eigenvalue weighted by Crippen LogP contribution is 2.31. The summed E-state index contributed by atoms with van der Waals surface area (Å²) in [6, 6.07) is 6.19. The van der Waals surface area contributed by atoms with Crippen molar-refractivity contribution in [3.8, 4) is 0 Å². The number of pyridine rings is 1. The maximum Gasteiger partial charge on any atom is 0.225 e. The molecule has 2 aliphatic rings. The summed E-state index contributed by atoms with van der Waals surface area (Å²) in [5.41, 5.74) is 2.92. The lowest BCUT2D eigenvalue weighted by molar-refractivity contribution is -0.137. The molecule has 0 N–H and O–H groups in total. The van der Waals surface area contributed by atoms with E-state index < -0.39 is 0 Å². The molecule has 9 heteroatoms. The minimum absolute atomic E-state index is 0.193. The molecule has 2 fully saturated rings. The van der Waals surface area contributed by atoms with Crippen LogP contribution in [-0.2, 0) is 17.8 Å². The molecule has 3 aromatic rings. The van der Waals surface area contributed by atoms with Crippen LogP contribution in [0.25, 0.3) is 11.0 Å². The number of carbonyl (C=O) groups excluding carboxylic acids is 1. The van der Waals surface area contributed by atoms with Gasteiger partial charge in [0.05, 0.1) is 23.8 Å². The second-order valence-electron chi connectivity index (χ2n) is 11.1. The Morgan fingerprint density at radius 2 is 1.72 bits per heavy atom. The molecule has 1 aliphatic heterocycles. The highest BCUT2D eigenvalue weighted by Gasteiger charge is 2.32. The van der Waals surface area contributed by atoms with Crippen LogP contribution in [0.3, 0.4) is 0 Å². The van der Waals surface area contributed by atoms with Gasteiger partial charge in [0.1, 0.15) is 12.1 Å². The molecule has 0 atom stereocenters. The van der Waals surface area contributed by atoms with E-state index in [4.69, 9.17) is 4.98 Å². The molecular weight excluding hydrogens is 488 g/mol. The van der Waals surface area contributed by atoms with Crippen molar-refractivity contribution in [3.05, 3.63) is 42.1 Å². The third kappa shape index (κ3) is 6.40. The quantitative estimate of drug-likeness (QED) is 0.390. The lowest BCUT2D eigenvalue weighted by Gasteiger charge is -2.38. The first kappa shape index (κ1) is 27.5. The molecule has 0 bridgehead atoms. The van der Waals surface area contributed by atoms with Crippen molar-refractivity contribution in [2.45, 2.75) is 65.8 Å². The van der Waals surface area contributed by atoms with Crippen LogP contribution >= 0.6 is 0 Å². The summed E-state index contributed by atoms with van der Waals surface area (Å²) in [6.45, 7) is 13.7. The standard InChI is InChI=1S/C30H44N8O/c1-4-8-25-9-7-10-26(34-25)21-38-29-27(19-33-38)28(31-22-32-29)36-15-17-37(18-16-36)30(39)24-13-11-23(12-14-24)20-35(5-2)6-3/h7,9-10,19,22-24H,4-6,8,11-18,20-21H2,1-3H3/t23-,24-. The number of rotatable bonds is 10. The molecule has 1 amide bonds. The van der Waals surface area contributed by atoms with Crippen molar-refractivity contribution in [1.82, 2.24) is 34.5 Å². The van der Waals surface area contributed by atoms with Crippen LogP contribution in [0.4, 0.5) is 5.82 Å². The molecule has 0 aromatic carbocycles. The van der Waals surface area contributed by atoms with E-state index in [2.05, 4.69) is 62.7 Å². The lowest BCUT2D eigenvalue weighted by atomic mass is 9.81. The summed E-state index contributed by atoms with van der Waals surface area (Å²) in [5.74, 6) is 2.19. The van der Waals surface area contributed by atoms with E-state index in [1.54, 1.807) is 6.33 Å². The fourth-order valence-corrected chi connectivity index (χ4v) is 6.25. The second-order valence-corrected chi connectivity index (χ2v) is 11.1. The number of hydrogen-bond donors (Lipinski definition) is 0. The molecule has 0 radical (unpaired) electrons. The van der Waals surface area contributed by atoms with Gasteiger partial charge in [-0.25, -0.2) is 14.6 Å². The number of hydrogen-bond acceptors (Lipinski definition) is 7. The van der Waals surface area contributed by atoms with E-state index in [0.29, 0.717) is 12.5 Å². The monoisotopic (exact) mass is 532 g/mol. The van der Waals surface area contributed by atoms with Gasteiger partial charge in [-0.05, 0) is 63.2 Å². The second kappa shape index (κ2) is 12.9. The Hall–Kier alpha value is -3.07. The molecule has 0 spiro atoms. The SMILES string of the molecule is CCCc1cccc(Cn2ncc3c(N4CCN(C(=O)[C@H]5CC[C@H](CN(CC)CC)CC5)CC4)ncnc32)n1. The number of nitrogens with zero attached hydrogens (tertiary/aromatic N) is 8. The molecule has 1 aliphatic carbocycles. The number of aryl methyl sites for hydroxylation is 1. The van der Waals surface area contributed by atoms with Gasteiger partial charge in [0.2, 0.25) is 5.91 Å². The molecule has 39 heavy (non-hydrogen) atoms. The van der Waals surface area contributed by atoms with Gasteiger partial charge in [0, 0.05) is 44.3 Å². The van der Waals surface area contributed by atoms with E-state index in [1.165, 1.54) is 19.4 Å². The largest absolute Gasteiger partial charge is 0.352 e. The Morgan fingerprint density at radius 3 is 2.44 bits per heavy atom.